The number of ether oxygens (including phenoxy) is 1. The molecule has 1 fully saturated rings. The van der Waals surface area contributed by atoms with Crippen molar-refractivity contribution >= 4 is 29.4 Å². The molecule has 2 aromatic carbocycles. The number of esters is 1. The van der Waals surface area contributed by atoms with Crippen LogP contribution in [0.25, 0.3) is 0 Å². The fraction of sp³-hybridized carbons (Fsp3) is 0.318. The van der Waals surface area contributed by atoms with Gasteiger partial charge in [0.2, 0.25) is 0 Å². The topological polar surface area (TPSA) is 84.5 Å². The minimum Gasteiger partial charge on any atom is -0.469 e. The molecular formula is C22H23ClN2O4. The van der Waals surface area contributed by atoms with Gasteiger partial charge >= 0.3 is 17.8 Å². The van der Waals surface area contributed by atoms with Gasteiger partial charge in [0.05, 0.1) is 13.5 Å². The number of carbonyl (C=O) groups excluding carboxylic acids is 3. The molecule has 2 N–H and O–H groups in total. The first-order valence-electron chi connectivity index (χ1n) is 9.44. The Labute approximate surface area is 174 Å². The molecule has 0 radical (unpaired) electrons. The summed E-state index contributed by atoms with van der Waals surface area (Å²) in [4.78, 5) is 35.8. The van der Waals surface area contributed by atoms with Gasteiger partial charge in [0.15, 0.2) is 0 Å². The van der Waals surface area contributed by atoms with Crippen LogP contribution < -0.4 is 10.6 Å². The summed E-state index contributed by atoms with van der Waals surface area (Å²) in [7, 11) is 1.33. The second-order valence-corrected chi connectivity index (χ2v) is 7.53. The number of nitrogens with one attached hydrogen (secondary N) is 2. The predicted molar refractivity (Wildman–Crippen MR) is 109 cm³/mol. The predicted octanol–water partition coefficient (Wildman–Crippen LogP) is 2.73. The van der Waals surface area contributed by atoms with Gasteiger partial charge in [-0.2, -0.15) is 0 Å². The molecule has 0 atom stereocenters. The maximum Gasteiger partial charge on any atom is 0.309 e. The van der Waals surface area contributed by atoms with E-state index in [4.69, 9.17) is 11.6 Å². The van der Waals surface area contributed by atoms with Crippen LogP contribution in [-0.4, -0.2) is 30.9 Å². The van der Waals surface area contributed by atoms with Crippen molar-refractivity contribution in [2.24, 2.45) is 0 Å². The number of amides is 2. The molecule has 2 amide bonds. The Balaban J connectivity index is 1.45. The number of benzene rings is 2. The Morgan fingerprint density at radius 1 is 1.00 bits per heavy atom. The Morgan fingerprint density at radius 2 is 1.66 bits per heavy atom. The summed E-state index contributed by atoms with van der Waals surface area (Å²) in [5, 5.41) is 6.08. The molecule has 7 heteroatoms. The maximum atomic E-state index is 12.1. The first-order chi connectivity index (χ1) is 14.0. The highest BCUT2D eigenvalue weighted by Crippen LogP contribution is 2.37. The average molecular weight is 415 g/mol. The molecule has 3 rings (SSSR count). The van der Waals surface area contributed by atoms with Gasteiger partial charge in [-0.05, 0) is 47.6 Å². The van der Waals surface area contributed by atoms with Crippen molar-refractivity contribution in [3.8, 4) is 0 Å². The van der Waals surface area contributed by atoms with E-state index in [2.05, 4.69) is 15.4 Å². The van der Waals surface area contributed by atoms with Crippen LogP contribution in [0.15, 0.2) is 48.5 Å². The Hall–Kier alpha value is -2.86. The van der Waals surface area contributed by atoms with E-state index in [0.29, 0.717) is 10.9 Å². The van der Waals surface area contributed by atoms with E-state index in [1.165, 1.54) is 12.7 Å². The minimum atomic E-state index is -0.687. The van der Waals surface area contributed by atoms with E-state index < -0.39 is 11.8 Å². The van der Waals surface area contributed by atoms with Crippen LogP contribution in [0.3, 0.4) is 0 Å². The number of halogens is 1. The van der Waals surface area contributed by atoms with E-state index >= 15 is 0 Å². The number of hydrogen-bond acceptors (Lipinski definition) is 4. The summed E-state index contributed by atoms with van der Waals surface area (Å²) in [5.41, 5.74) is 2.71. The fourth-order valence-electron chi connectivity index (χ4n) is 3.38. The molecule has 1 aliphatic carbocycles. The average Bonchev–Trinajstić information content (AvgIpc) is 2.70. The molecule has 0 bridgehead atoms. The Morgan fingerprint density at radius 3 is 2.31 bits per heavy atom. The van der Waals surface area contributed by atoms with Crippen LogP contribution in [-0.2, 0) is 32.1 Å². The molecule has 1 aliphatic rings. The van der Waals surface area contributed by atoms with E-state index in [1.54, 1.807) is 12.1 Å². The lowest BCUT2D eigenvalue weighted by Gasteiger charge is -2.36. The molecular weight excluding hydrogens is 392 g/mol. The van der Waals surface area contributed by atoms with Crippen molar-refractivity contribution in [2.75, 3.05) is 7.11 Å². The highest BCUT2D eigenvalue weighted by molar-refractivity contribution is 6.35. The van der Waals surface area contributed by atoms with E-state index in [1.807, 2.05) is 36.4 Å². The zero-order valence-corrected chi connectivity index (χ0v) is 16.9. The third-order valence-corrected chi connectivity index (χ3v) is 5.39. The van der Waals surface area contributed by atoms with E-state index in [9.17, 15) is 14.4 Å². The monoisotopic (exact) mass is 414 g/mol. The molecule has 0 heterocycles. The number of hydrogen-bond donors (Lipinski definition) is 2. The largest absolute Gasteiger partial charge is 0.469 e. The van der Waals surface area contributed by atoms with Crippen molar-refractivity contribution < 1.29 is 19.1 Å². The highest BCUT2D eigenvalue weighted by Gasteiger charge is 2.32. The smallest absolute Gasteiger partial charge is 0.309 e. The molecule has 0 aliphatic heterocycles. The van der Waals surface area contributed by atoms with Gasteiger partial charge in [-0.1, -0.05) is 48.0 Å². The lowest BCUT2D eigenvalue weighted by molar-refractivity contribution is -0.140. The van der Waals surface area contributed by atoms with Crippen molar-refractivity contribution in [2.45, 2.75) is 37.8 Å². The zero-order chi connectivity index (χ0) is 20.8. The zero-order valence-electron chi connectivity index (χ0n) is 16.1. The van der Waals surface area contributed by atoms with Gasteiger partial charge < -0.3 is 15.4 Å². The standard InChI is InChI=1S/C22H23ClN2O4/c1-29-20(26)12-15-4-2-3-5-16(15)13-24-21(27)22(28)25-19-10-17(11-19)14-6-8-18(23)9-7-14/h2-9,17,19H,10-13H2,1H3,(H,24,27)(H,25,28). The van der Waals surface area contributed by atoms with Gasteiger partial charge in [0, 0.05) is 17.6 Å². The third kappa shape index (κ3) is 5.57. The van der Waals surface area contributed by atoms with E-state index in [-0.39, 0.29) is 25.0 Å². The van der Waals surface area contributed by atoms with Crippen molar-refractivity contribution in [1.29, 1.82) is 0 Å². The number of methoxy groups -OCH3 is 1. The summed E-state index contributed by atoms with van der Waals surface area (Å²) in [6.07, 6.45) is 1.70. The molecule has 29 heavy (non-hydrogen) atoms. The van der Waals surface area contributed by atoms with E-state index in [0.717, 1.165) is 24.0 Å². The van der Waals surface area contributed by atoms with Crippen molar-refractivity contribution in [1.82, 2.24) is 10.6 Å². The van der Waals surface area contributed by atoms with Gasteiger partial charge in [0.25, 0.3) is 0 Å². The van der Waals surface area contributed by atoms with Crippen molar-refractivity contribution in [3.05, 3.63) is 70.2 Å². The molecule has 0 saturated heterocycles. The second kappa shape index (κ2) is 9.56. The molecule has 152 valence electrons. The molecule has 0 unspecified atom stereocenters. The first kappa shape index (κ1) is 20.9. The summed E-state index contributed by atoms with van der Waals surface area (Å²) in [5.74, 6) is -1.32. The summed E-state index contributed by atoms with van der Waals surface area (Å²) in [6, 6.07) is 14.9. The fourth-order valence-corrected chi connectivity index (χ4v) is 3.51. The summed E-state index contributed by atoms with van der Waals surface area (Å²) >= 11 is 5.90. The summed E-state index contributed by atoms with van der Waals surface area (Å²) < 4.78 is 4.68. The molecule has 6 nitrogen and oxygen atoms in total. The van der Waals surface area contributed by atoms with Crippen LogP contribution in [0.4, 0.5) is 0 Å². The molecule has 0 aromatic heterocycles. The Bertz CT molecular complexity index is 892. The quantitative estimate of drug-likeness (QED) is 0.562. The lowest BCUT2D eigenvalue weighted by atomic mass is 9.76. The van der Waals surface area contributed by atoms with Crippen LogP contribution in [0.5, 0.6) is 0 Å². The van der Waals surface area contributed by atoms with Crippen LogP contribution >= 0.6 is 11.6 Å². The second-order valence-electron chi connectivity index (χ2n) is 7.09. The molecule has 2 aromatic rings. The van der Waals surface area contributed by atoms with Crippen molar-refractivity contribution in [3.63, 3.8) is 0 Å². The molecule has 0 spiro atoms. The summed E-state index contributed by atoms with van der Waals surface area (Å²) in [6.45, 7) is 0.164. The maximum absolute atomic E-state index is 12.1. The Kier molecular flexibility index (Phi) is 6.88. The highest BCUT2D eigenvalue weighted by atomic mass is 35.5. The first-order valence-corrected chi connectivity index (χ1v) is 9.81. The van der Waals surface area contributed by atoms with Crippen LogP contribution in [0, 0.1) is 0 Å². The van der Waals surface area contributed by atoms with Gasteiger partial charge in [-0.3, -0.25) is 14.4 Å². The van der Waals surface area contributed by atoms with Gasteiger partial charge in [-0.15, -0.1) is 0 Å². The molecule has 1 saturated carbocycles. The minimum absolute atomic E-state index is 0.0134. The third-order valence-electron chi connectivity index (χ3n) is 5.14. The van der Waals surface area contributed by atoms with Gasteiger partial charge in [-0.25, -0.2) is 0 Å². The number of rotatable bonds is 6. The van der Waals surface area contributed by atoms with Crippen LogP contribution in [0.1, 0.15) is 35.4 Å². The van der Waals surface area contributed by atoms with Crippen LogP contribution in [0.2, 0.25) is 5.02 Å². The van der Waals surface area contributed by atoms with Gasteiger partial charge in [0.1, 0.15) is 0 Å². The normalized spacial score (nSPS) is 17.7. The number of carbonyl (C=O) groups is 3. The lowest BCUT2D eigenvalue weighted by Crippen LogP contribution is -2.48. The SMILES string of the molecule is COC(=O)Cc1ccccc1CNC(=O)C(=O)NC1CC(c2ccc(Cl)cc2)C1.